The van der Waals surface area contributed by atoms with Crippen molar-refractivity contribution in [3.8, 4) is 80.0 Å². The number of carbonyl (C=O) groups is 2. The van der Waals surface area contributed by atoms with Crippen molar-refractivity contribution >= 4 is 17.6 Å². The Kier molecular flexibility index (Phi) is 19.4. The Labute approximate surface area is 515 Å². The first-order valence-electron chi connectivity index (χ1n) is 28.5. The van der Waals surface area contributed by atoms with E-state index in [4.69, 9.17) is 24.5 Å². The van der Waals surface area contributed by atoms with E-state index in [1.165, 1.54) is 48.5 Å². The molecule has 0 amide bonds. The molecular weight excluding hydrogens is 1150 g/mol. The fourth-order valence-corrected chi connectivity index (χ4v) is 9.89. The summed E-state index contributed by atoms with van der Waals surface area (Å²) in [6.07, 6.45) is 6.38. The fourth-order valence-electron chi connectivity index (χ4n) is 9.89. The molecule has 7 aromatic heterocycles. The predicted octanol–water partition coefficient (Wildman–Crippen LogP) is 14.5. The number of rotatable bonds is 13. The van der Waals surface area contributed by atoms with Crippen LogP contribution in [0.4, 0.5) is 13.2 Å². The number of phenols is 3. The summed E-state index contributed by atoms with van der Waals surface area (Å²) < 4.78 is 57.1. The normalized spacial score (nSPS) is 11.4. The maximum absolute atomic E-state index is 14.7. The SMILES string of the molecule is Cc1ccc(O)c(-c2nc(-c3c(O)cccc3F)n3c2CCCC3)n1.Cc1ccc(OCc2ccccc2)c(-c2nc(-c3c(O)cccc3F)n3ccccc23)n1.Cc1ccc(OCc2ccccc2)c(C(=O)c2ccccn2)n1.O=Cc1c(O)cccc1F. The summed E-state index contributed by atoms with van der Waals surface area (Å²) in [7, 11) is 0. The van der Waals surface area contributed by atoms with Crippen molar-refractivity contribution in [3.63, 3.8) is 0 Å². The number of aromatic nitrogens is 8. The van der Waals surface area contributed by atoms with Crippen LogP contribution in [0.1, 0.15) is 73.3 Å². The van der Waals surface area contributed by atoms with E-state index in [9.17, 15) is 38.1 Å². The van der Waals surface area contributed by atoms with Gasteiger partial charge in [-0.25, -0.2) is 38.1 Å². The number of ketones is 1. The molecule has 12 aromatic rings. The number of aromatic hydroxyl groups is 4. The van der Waals surface area contributed by atoms with E-state index >= 15 is 0 Å². The third-order valence-electron chi connectivity index (χ3n) is 14.3. The minimum Gasteiger partial charge on any atom is -0.507 e. The third kappa shape index (κ3) is 14.2. The highest BCUT2D eigenvalue weighted by Gasteiger charge is 2.28. The first kappa shape index (κ1) is 61.6. The number of aryl methyl sites for hydroxylation is 3. The largest absolute Gasteiger partial charge is 0.507 e. The number of pyridine rings is 5. The Hall–Kier alpha value is -11.5. The van der Waals surface area contributed by atoms with Crippen LogP contribution in [0.3, 0.4) is 0 Å². The number of imidazole rings is 2. The van der Waals surface area contributed by atoms with Gasteiger partial charge in [0.05, 0.1) is 22.2 Å². The van der Waals surface area contributed by atoms with Crippen molar-refractivity contribution in [2.75, 3.05) is 0 Å². The summed E-state index contributed by atoms with van der Waals surface area (Å²) in [4.78, 5) is 49.6. The van der Waals surface area contributed by atoms with Crippen LogP contribution < -0.4 is 9.47 Å². The van der Waals surface area contributed by atoms with E-state index in [-0.39, 0.29) is 51.8 Å². The highest BCUT2D eigenvalue weighted by atomic mass is 19.1. The zero-order valence-electron chi connectivity index (χ0n) is 49.0. The second kappa shape index (κ2) is 28.4. The van der Waals surface area contributed by atoms with Crippen LogP contribution in [0.5, 0.6) is 34.5 Å². The molecule has 0 saturated heterocycles. The fraction of sp³-hybridized carbons (Fsp3) is 0.127. The number of halogens is 3. The molecule has 16 nitrogen and oxygen atoms in total. The zero-order valence-corrected chi connectivity index (χ0v) is 49.0. The van der Waals surface area contributed by atoms with Gasteiger partial charge in [-0.2, -0.15) is 0 Å². The van der Waals surface area contributed by atoms with Gasteiger partial charge < -0.3 is 34.5 Å². The molecule has 452 valence electrons. The van der Waals surface area contributed by atoms with Crippen molar-refractivity contribution in [1.82, 2.24) is 38.9 Å². The summed E-state index contributed by atoms with van der Waals surface area (Å²) in [6, 6.07) is 53.3. The van der Waals surface area contributed by atoms with Crippen LogP contribution in [-0.4, -0.2) is 71.4 Å². The number of hydrogen-bond donors (Lipinski definition) is 4. The Morgan fingerprint density at radius 3 is 1.68 bits per heavy atom. The van der Waals surface area contributed by atoms with E-state index < -0.39 is 17.5 Å². The molecule has 0 fully saturated rings. The van der Waals surface area contributed by atoms with Crippen molar-refractivity contribution in [2.45, 2.75) is 59.8 Å². The number of fused-ring (bicyclic) bond motifs is 2. The van der Waals surface area contributed by atoms with Gasteiger partial charge in [-0.1, -0.05) is 91.0 Å². The van der Waals surface area contributed by atoms with E-state index in [2.05, 4.69) is 19.9 Å². The van der Waals surface area contributed by atoms with Gasteiger partial charge in [0, 0.05) is 41.7 Å². The molecule has 1 aliphatic rings. The second-order valence-corrected chi connectivity index (χ2v) is 20.6. The van der Waals surface area contributed by atoms with E-state index in [1.54, 1.807) is 53.2 Å². The topological polar surface area (TPSA) is 220 Å². The monoisotopic (exact) mass is 1210 g/mol. The molecule has 19 heteroatoms. The highest BCUT2D eigenvalue weighted by molar-refractivity contribution is 6.08. The molecule has 13 rings (SSSR count). The lowest BCUT2D eigenvalue weighted by molar-refractivity contribution is 0.102. The molecule has 90 heavy (non-hydrogen) atoms. The molecule has 0 spiro atoms. The minimum atomic E-state index is -0.699. The number of carbonyl (C=O) groups excluding carboxylic acids is 2. The summed E-state index contributed by atoms with van der Waals surface area (Å²) >= 11 is 0. The average Bonchev–Trinajstić information content (AvgIpc) is 1.62. The molecule has 0 saturated carbocycles. The maximum atomic E-state index is 14.7. The molecule has 0 unspecified atom stereocenters. The zero-order chi connectivity index (χ0) is 63.3. The van der Waals surface area contributed by atoms with Crippen molar-refractivity contribution in [3.05, 3.63) is 269 Å². The lowest BCUT2D eigenvalue weighted by Crippen LogP contribution is -2.12. The lowest BCUT2D eigenvalue weighted by atomic mass is 10.1. The predicted molar refractivity (Wildman–Crippen MR) is 334 cm³/mol. The number of phenolic OH excluding ortho intramolecular Hbond substituents is 3. The molecule has 5 aromatic carbocycles. The molecule has 0 radical (unpaired) electrons. The number of ether oxygens (including phenoxy) is 2. The standard InChI is InChI=1S/C26H20FN3O2.C19H18FN3O2.C19H16N2O2.C7H5FO2/c1-17-13-14-22(32-16-18-8-3-2-4-9-18)25(28-17)24-20-11-5-6-15-30(20)26(29-24)23-19(27)10-7-12-21(23)31;1-11-8-9-15(25)18(21-11)17-13-6-2-3-10-23(13)19(22-17)16-12(20)5-4-7-14(16)24;1-14-10-11-17(23-13-15-7-3-2-4-8-15)18(21-14)19(22)16-9-5-6-12-20-16;8-6-2-1-3-7(10)5(6)4-9/h2-15,31H,16H2,1H3;4-5,7-9,24-25H,2-3,6,10H2,1H3;2-12H,13H2,1H3;1-4,10H. The molecule has 1 aliphatic heterocycles. The van der Waals surface area contributed by atoms with Gasteiger partial charge in [-0.15, -0.1) is 0 Å². The summed E-state index contributed by atoms with van der Waals surface area (Å²) in [5, 5.41) is 39.6. The lowest BCUT2D eigenvalue weighted by Gasteiger charge is -2.18. The van der Waals surface area contributed by atoms with Gasteiger partial charge in [0.25, 0.3) is 0 Å². The van der Waals surface area contributed by atoms with Crippen LogP contribution >= 0.6 is 0 Å². The van der Waals surface area contributed by atoms with Crippen LogP contribution in [0, 0.1) is 38.2 Å². The third-order valence-corrected chi connectivity index (χ3v) is 14.3. The Morgan fingerprint density at radius 2 is 1.07 bits per heavy atom. The Bertz CT molecular complexity index is 4450. The van der Waals surface area contributed by atoms with Gasteiger partial charge >= 0.3 is 0 Å². The van der Waals surface area contributed by atoms with Crippen molar-refractivity contribution in [2.24, 2.45) is 0 Å². The summed E-state index contributed by atoms with van der Waals surface area (Å²) in [6.45, 7) is 7.04. The van der Waals surface area contributed by atoms with Gasteiger partial charge in [-0.05, 0) is 148 Å². The van der Waals surface area contributed by atoms with Crippen LogP contribution in [0.25, 0.3) is 51.1 Å². The van der Waals surface area contributed by atoms with Gasteiger partial charge in [0.2, 0.25) is 5.78 Å². The molecule has 4 N–H and O–H groups in total. The quantitative estimate of drug-likeness (QED) is 0.0623. The highest BCUT2D eigenvalue weighted by Crippen LogP contribution is 2.41. The van der Waals surface area contributed by atoms with E-state index in [1.807, 2.05) is 122 Å². The van der Waals surface area contributed by atoms with Crippen LogP contribution in [0.15, 0.2) is 200 Å². The number of nitrogens with zero attached hydrogens (tertiary/aromatic N) is 8. The molecule has 8 heterocycles. The first-order valence-corrected chi connectivity index (χ1v) is 28.5. The number of hydrogen-bond acceptors (Lipinski definition) is 14. The van der Waals surface area contributed by atoms with Crippen LogP contribution in [0.2, 0.25) is 0 Å². The van der Waals surface area contributed by atoms with E-state index in [0.29, 0.717) is 77.1 Å². The number of aldehydes is 1. The van der Waals surface area contributed by atoms with Crippen molar-refractivity contribution in [1.29, 1.82) is 0 Å². The summed E-state index contributed by atoms with van der Waals surface area (Å²) in [5.74, 6) is -0.897. The maximum Gasteiger partial charge on any atom is 0.233 e. The number of benzene rings is 5. The minimum absolute atomic E-state index is 0.0411. The average molecular weight is 1210 g/mol. The van der Waals surface area contributed by atoms with Gasteiger partial charge in [0.1, 0.15) is 99.5 Å². The molecule has 0 bridgehead atoms. The molecular formula is C71H59F3N8O8. The second-order valence-electron chi connectivity index (χ2n) is 20.6. The van der Waals surface area contributed by atoms with Gasteiger partial charge in [0.15, 0.2) is 17.8 Å². The first-order chi connectivity index (χ1) is 43.7. The molecule has 0 atom stereocenters. The van der Waals surface area contributed by atoms with E-state index in [0.717, 1.165) is 64.7 Å². The molecule has 0 aliphatic carbocycles. The van der Waals surface area contributed by atoms with Crippen molar-refractivity contribution < 1.29 is 52.7 Å². The van der Waals surface area contributed by atoms with Gasteiger partial charge in [-0.3, -0.25) is 19.0 Å². The van der Waals surface area contributed by atoms with Crippen LogP contribution in [-0.2, 0) is 26.2 Å². The smallest absolute Gasteiger partial charge is 0.233 e. The Balaban J connectivity index is 0.000000139. The Morgan fingerprint density at radius 1 is 0.511 bits per heavy atom. The summed E-state index contributed by atoms with van der Waals surface area (Å²) in [5.41, 5.74) is 8.59.